The predicted octanol–water partition coefficient (Wildman–Crippen LogP) is 4.90. The SMILES string of the molecule is O=C(Nc1nc2ccccc2s1)C1CCCN(c2nc3ccc(F)cc3s2)C1. The third-order valence-electron chi connectivity index (χ3n) is 4.93. The highest BCUT2D eigenvalue weighted by Gasteiger charge is 2.28. The van der Waals surface area contributed by atoms with Crippen molar-refractivity contribution in [3.8, 4) is 0 Å². The molecule has 8 heteroatoms. The molecule has 1 atom stereocenters. The van der Waals surface area contributed by atoms with E-state index in [1.807, 2.05) is 24.3 Å². The first kappa shape index (κ1) is 17.5. The van der Waals surface area contributed by atoms with Crippen LogP contribution in [0.1, 0.15) is 12.8 Å². The van der Waals surface area contributed by atoms with Crippen LogP contribution in [0.2, 0.25) is 0 Å². The monoisotopic (exact) mass is 412 g/mol. The molecule has 142 valence electrons. The zero-order valence-corrected chi connectivity index (χ0v) is 16.5. The minimum absolute atomic E-state index is 0.00379. The van der Waals surface area contributed by atoms with Gasteiger partial charge < -0.3 is 10.2 Å². The zero-order chi connectivity index (χ0) is 19.1. The van der Waals surface area contributed by atoms with Crippen molar-refractivity contribution >= 4 is 59.3 Å². The molecular weight excluding hydrogens is 395 g/mol. The number of hydrogen-bond donors (Lipinski definition) is 1. The number of carbonyl (C=O) groups excluding carboxylic acids is 1. The molecule has 1 amide bonds. The van der Waals surface area contributed by atoms with Crippen LogP contribution < -0.4 is 10.2 Å². The second-order valence-corrected chi connectivity index (χ2v) is 8.91. The summed E-state index contributed by atoms with van der Waals surface area (Å²) in [6, 6.07) is 12.5. The number of aromatic nitrogens is 2. The van der Waals surface area contributed by atoms with Crippen LogP contribution in [0.15, 0.2) is 42.5 Å². The number of halogens is 1. The Hall–Kier alpha value is -2.58. The minimum atomic E-state index is -0.255. The Labute approximate surface area is 168 Å². The van der Waals surface area contributed by atoms with Gasteiger partial charge in [0.1, 0.15) is 5.82 Å². The van der Waals surface area contributed by atoms with E-state index in [0.29, 0.717) is 11.7 Å². The average molecular weight is 413 g/mol. The van der Waals surface area contributed by atoms with E-state index < -0.39 is 0 Å². The molecule has 0 radical (unpaired) electrons. The quantitative estimate of drug-likeness (QED) is 0.520. The van der Waals surface area contributed by atoms with Gasteiger partial charge in [0.05, 0.1) is 26.4 Å². The van der Waals surface area contributed by atoms with E-state index in [1.165, 1.54) is 34.8 Å². The summed E-state index contributed by atoms with van der Waals surface area (Å²) in [4.78, 5) is 24.0. The van der Waals surface area contributed by atoms with Crippen molar-refractivity contribution in [2.24, 2.45) is 5.92 Å². The van der Waals surface area contributed by atoms with Gasteiger partial charge in [-0.3, -0.25) is 4.79 Å². The van der Waals surface area contributed by atoms with Crippen LogP contribution in [0.3, 0.4) is 0 Å². The molecule has 1 N–H and O–H groups in total. The van der Waals surface area contributed by atoms with E-state index in [0.717, 1.165) is 45.0 Å². The molecule has 0 aliphatic carbocycles. The van der Waals surface area contributed by atoms with Gasteiger partial charge in [0.25, 0.3) is 0 Å². The third kappa shape index (κ3) is 3.33. The topological polar surface area (TPSA) is 58.1 Å². The van der Waals surface area contributed by atoms with Crippen LogP contribution in [-0.4, -0.2) is 29.0 Å². The summed E-state index contributed by atoms with van der Waals surface area (Å²) in [5.74, 6) is -0.380. The highest BCUT2D eigenvalue weighted by Crippen LogP contribution is 2.32. The van der Waals surface area contributed by atoms with Gasteiger partial charge in [0.2, 0.25) is 5.91 Å². The maximum atomic E-state index is 13.4. The number of carbonyl (C=O) groups is 1. The fourth-order valence-electron chi connectivity index (χ4n) is 3.52. The van der Waals surface area contributed by atoms with E-state index in [1.54, 1.807) is 6.07 Å². The molecule has 2 aromatic heterocycles. The van der Waals surface area contributed by atoms with Crippen molar-refractivity contribution in [3.63, 3.8) is 0 Å². The number of piperidine rings is 1. The van der Waals surface area contributed by atoms with Crippen LogP contribution in [0.25, 0.3) is 20.4 Å². The summed E-state index contributed by atoms with van der Waals surface area (Å²) in [5.41, 5.74) is 1.69. The van der Waals surface area contributed by atoms with Gasteiger partial charge in [-0.1, -0.05) is 34.8 Å². The first-order chi connectivity index (χ1) is 13.7. The van der Waals surface area contributed by atoms with Gasteiger partial charge in [-0.2, -0.15) is 0 Å². The van der Waals surface area contributed by atoms with Gasteiger partial charge in [0, 0.05) is 13.1 Å². The molecule has 28 heavy (non-hydrogen) atoms. The molecule has 4 aromatic rings. The fraction of sp³-hybridized carbons (Fsp3) is 0.250. The van der Waals surface area contributed by atoms with Crippen molar-refractivity contribution in [2.75, 3.05) is 23.3 Å². The van der Waals surface area contributed by atoms with Crippen molar-refractivity contribution in [1.29, 1.82) is 0 Å². The molecule has 5 rings (SSSR count). The van der Waals surface area contributed by atoms with Crippen LogP contribution in [0, 0.1) is 11.7 Å². The lowest BCUT2D eigenvalue weighted by atomic mass is 9.97. The van der Waals surface area contributed by atoms with Crippen molar-refractivity contribution < 1.29 is 9.18 Å². The van der Waals surface area contributed by atoms with E-state index in [-0.39, 0.29) is 17.6 Å². The highest BCUT2D eigenvalue weighted by molar-refractivity contribution is 7.22. The third-order valence-corrected chi connectivity index (χ3v) is 6.96. The largest absolute Gasteiger partial charge is 0.347 e. The molecule has 0 bridgehead atoms. The molecule has 1 aliphatic heterocycles. The summed E-state index contributed by atoms with van der Waals surface area (Å²) < 4.78 is 15.3. The standard InChI is InChI=1S/C20H17FN4OS2/c21-13-7-8-15-17(10-13)28-20(23-15)25-9-3-4-12(11-25)18(26)24-19-22-14-5-1-2-6-16(14)27-19/h1-2,5-8,10,12H,3-4,9,11H2,(H,22,24,26). The van der Waals surface area contributed by atoms with E-state index in [9.17, 15) is 9.18 Å². The summed E-state index contributed by atoms with van der Waals surface area (Å²) in [5, 5.41) is 4.47. The summed E-state index contributed by atoms with van der Waals surface area (Å²) in [6.07, 6.45) is 1.76. The summed E-state index contributed by atoms with van der Waals surface area (Å²) in [7, 11) is 0. The Kier molecular flexibility index (Phi) is 4.44. The number of thiazole rings is 2. The van der Waals surface area contributed by atoms with Gasteiger partial charge in [-0.25, -0.2) is 14.4 Å². The molecule has 0 spiro atoms. The van der Waals surface area contributed by atoms with Crippen molar-refractivity contribution in [1.82, 2.24) is 9.97 Å². The summed E-state index contributed by atoms with van der Waals surface area (Å²) in [6.45, 7) is 1.46. The fourth-order valence-corrected chi connectivity index (χ4v) is 5.41. The molecule has 3 heterocycles. The Balaban J connectivity index is 1.32. The van der Waals surface area contributed by atoms with E-state index in [4.69, 9.17) is 0 Å². The molecule has 5 nitrogen and oxygen atoms in total. The first-order valence-corrected chi connectivity index (χ1v) is 10.8. The second-order valence-electron chi connectivity index (χ2n) is 6.87. The number of fused-ring (bicyclic) bond motifs is 2. The summed E-state index contributed by atoms with van der Waals surface area (Å²) >= 11 is 2.96. The van der Waals surface area contributed by atoms with Gasteiger partial charge >= 0.3 is 0 Å². The van der Waals surface area contributed by atoms with Gasteiger partial charge in [-0.05, 0) is 43.2 Å². The molecule has 1 unspecified atom stereocenters. The number of nitrogens with one attached hydrogen (secondary N) is 1. The molecule has 1 saturated heterocycles. The first-order valence-electron chi connectivity index (χ1n) is 9.13. The molecular formula is C20H17FN4OS2. The lowest BCUT2D eigenvalue weighted by Gasteiger charge is -2.31. The lowest BCUT2D eigenvalue weighted by molar-refractivity contribution is -0.120. The Morgan fingerprint density at radius 2 is 1.96 bits per heavy atom. The Bertz CT molecular complexity index is 1140. The highest BCUT2D eigenvalue weighted by atomic mass is 32.1. The minimum Gasteiger partial charge on any atom is -0.347 e. The van der Waals surface area contributed by atoms with Gasteiger partial charge in [-0.15, -0.1) is 0 Å². The number of para-hydroxylation sites is 1. The zero-order valence-electron chi connectivity index (χ0n) is 14.9. The number of rotatable bonds is 3. The average Bonchev–Trinajstić information content (AvgIpc) is 3.31. The maximum absolute atomic E-state index is 13.4. The number of benzene rings is 2. The second kappa shape index (κ2) is 7.10. The van der Waals surface area contributed by atoms with Crippen LogP contribution in [0.5, 0.6) is 0 Å². The van der Waals surface area contributed by atoms with Crippen molar-refractivity contribution in [2.45, 2.75) is 12.8 Å². The smallest absolute Gasteiger partial charge is 0.231 e. The number of amides is 1. The van der Waals surface area contributed by atoms with Gasteiger partial charge in [0.15, 0.2) is 10.3 Å². The van der Waals surface area contributed by atoms with Crippen molar-refractivity contribution in [3.05, 3.63) is 48.3 Å². The lowest BCUT2D eigenvalue weighted by Crippen LogP contribution is -2.40. The van der Waals surface area contributed by atoms with Crippen LogP contribution in [-0.2, 0) is 4.79 Å². The van der Waals surface area contributed by atoms with E-state index >= 15 is 0 Å². The maximum Gasteiger partial charge on any atom is 0.231 e. The predicted molar refractivity (Wildman–Crippen MR) is 113 cm³/mol. The molecule has 1 fully saturated rings. The normalized spacial score (nSPS) is 17.3. The van der Waals surface area contributed by atoms with Crippen LogP contribution >= 0.6 is 22.7 Å². The molecule has 2 aromatic carbocycles. The molecule has 1 aliphatic rings. The number of hydrogen-bond acceptors (Lipinski definition) is 6. The number of anilines is 2. The Morgan fingerprint density at radius 3 is 2.86 bits per heavy atom. The molecule has 0 saturated carbocycles. The van der Waals surface area contributed by atoms with E-state index in [2.05, 4.69) is 20.2 Å². The van der Waals surface area contributed by atoms with Crippen LogP contribution in [0.4, 0.5) is 14.7 Å². The Morgan fingerprint density at radius 1 is 1.11 bits per heavy atom. The number of nitrogens with zero attached hydrogens (tertiary/aromatic N) is 3.